The lowest BCUT2D eigenvalue weighted by molar-refractivity contribution is -0.138. The van der Waals surface area contributed by atoms with Crippen molar-refractivity contribution in [2.75, 3.05) is 23.4 Å². The molecule has 0 aliphatic carbocycles. The largest absolute Gasteiger partial charge is 0.330 e. The first-order valence-electron chi connectivity index (χ1n) is 7.53. The number of thioether (sulfide) groups is 1. The summed E-state index contributed by atoms with van der Waals surface area (Å²) in [6.45, 7) is 0.554. The quantitative estimate of drug-likeness (QED) is 0.786. The van der Waals surface area contributed by atoms with Gasteiger partial charge in [0.25, 0.3) is 0 Å². The lowest BCUT2D eigenvalue weighted by Gasteiger charge is -2.34. The molecule has 2 rings (SSSR count). The van der Waals surface area contributed by atoms with Gasteiger partial charge in [-0.3, -0.25) is 9.59 Å². The zero-order valence-electron chi connectivity index (χ0n) is 12.9. The molecular weight excluding hydrogens is 369 g/mol. The molecule has 1 N–H and O–H groups in total. The van der Waals surface area contributed by atoms with Crippen molar-refractivity contribution in [2.24, 2.45) is 0 Å². The summed E-state index contributed by atoms with van der Waals surface area (Å²) in [5.41, 5.74) is 0.475. The number of nitrogens with zero attached hydrogens (tertiary/aromatic N) is 2. The molecule has 128 valence electrons. The van der Waals surface area contributed by atoms with Crippen LogP contribution in [0.25, 0.3) is 0 Å². The normalized spacial score (nSPS) is 17.2. The lowest BCUT2D eigenvalue weighted by atomic mass is 10.0. The van der Waals surface area contributed by atoms with E-state index in [2.05, 4.69) is 5.32 Å². The van der Waals surface area contributed by atoms with Crippen LogP contribution in [0.3, 0.4) is 0 Å². The Morgan fingerprint density at radius 3 is 2.88 bits per heavy atom. The molecule has 0 bridgehead atoms. The first kappa shape index (κ1) is 18.9. The fourth-order valence-electron chi connectivity index (χ4n) is 2.58. The lowest BCUT2D eigenvalue weighted by Crippen LogP contribution is -2.50. The summed E-state index contributed by atoms with van der Waals surface area (Å²) in [6.07, 6.45) is 2.38. The Labute approximate surface area is 155 Å². The third kappa shape index (κ3) is 5.04. The van der Waals surface area contributed by atoms with Crippen LogP contribution >= 0.6 is 35.0 Å². The molecule has 2 amide bonds. The van der Waals surface area contributed by atoms with Gasteiger partial charge in [0.2, 0.25) is 11.8 Å². The molecule has 5 nitrogen and oxygen atoms in total. The number of hydrogen-bond donors (Lipinski definition) is 1. The average Bonchev–Trinajstić information content (AvgIpc) is 2.57. The maximum atomic E-state index is 12.6. The Morgan fingerprint density at radius 2 is 2.17 bits per heavy atom. The minimum Gasteiger partial charge on any atom is -0.330 e. The van der Waals surface area contributed by atoms with Gasteiger partial charge in [0, 0.05) is 11.6 Å². The fourth-order valence-corrected chi connectivity index (χ4v) is 3.57. The third-order valence-corrected chi connectivity index (χ3v) is 5.04. The van der Waals surface area contributed by atoms with Gasteiger partial charge in [-0.25, -0.2) is 0 Å². The van der Waals surface area contributed by atoms with E-state index >= 15 is 0 Å². The van der Waals surface area contributed by atoms with E-state index in [0.717, 1.165) is 12.8 Å². The number of hydrogen-bond acceptors (Lipinski definition) is 4. The summed E-state index contributed by atoms with van der Waals surface area (Å²) in [5, 5.41) is 12.2. The van der Waals surface area contributed by atoms with Crippen molar-refractivity contribution in [2.45, 2.75) is 25.3 Å². The SMILES string of the molecule is N#CCSCC(=O)N1CCCCC1C(=O)Nc1ccc(Cl)cc1Cl. The Morgan fingerprint density at radius 1 is 1.38 bits per heavy atom. The predicted molar refractivity (Wildman–Crippen MR) is 97.4 cm³/mol. The second-order valence-corrected chi connectivity index (χ2v) is 7.19. The standard InChI is InChI=1S/C16H17Cl2N3O2S/c17-11-4-5-13(12(18)9-11)20-16(23)14-3-1-2-7-21(14)15(22)10-24-8-6-19/h4-5,9,14H,1-3,7-8,10H2,(H,20,23). The summed E-state index contributed by atoms with van der Waals surface area (Å²) in [6, 6.07) is 6.32. The summed E-state index contributed by atoms with van der Waals surface area (Å²) >= 11 is 13.2. The second-order valence-electron chi connectivity index (χ2n) is 5.36. The molecule has 1 heterocycles. The molecule has 1 aromatic carbocycles. The molecule has 1 unspecified atom stereocenters. The van der Waals surface area contributed by atoms with Gasteiger partial charge in [-0.1, -0.05) is 23.2 Å². The molecule has 0 spiro atoms. The van der Waals surface area contributed by atoms with E-state index in [1.54, 1.807) is 23.1 Å². The Balaban J connectivity index is 2.04. The first-order valence-corrected chi connectivity index (χ1v) is 9.44. The second kappa shape index (κ2) is 9.16. The summed E-state index contributed by atoms with van der Waals surface area (Å²) < 4.78 is 0. The van der Waals surface area contributed by atoms with Crippen LogP contribution in [0.1, 0.15) is 19.3 Å². The number of carbonyl (C=O) groups is 2. The predicted octanol–water partition coefficient (Wildman–Crippen LogP) is 3.57. The number of halogens is 2. The van der Waals surface area contributed by atoms with Crippen LogP contribution in [0, 0.1) is 11.3 Å². The number of likely N-dealkylation sites (tertiary alicyclic amines) is 1. The highest BCUT2D eigenvalue weighted by atomic mass is 35.5. The number of anilines is 1. The molecule has 0 radical (unpaired) electrons. The molecule has 0 saturated carbocycles. The van der Waals surface area contributed by atoms with Gasteiger partial charge in [0.15, 0.2) is 0 Å². The number of nitrogens with one attached hydrogen (secondary N) is 1. The molecule has 24 heavy (non-hydrogen) atoms. The molecule has 1 fully saturated rings. The Kier molecular flexibility index (Phi) is 7.22. The van der Waals surface area contributed by atoms with Crippen molar-refractivity contribution >= 4 is 52.5 Å². The molecule has 8 heteroatoms. The highest BCUT2D eigenvalue weighted by Crippen LogP contribution is 2.27. The monoisotopic (exact) mass is 385 g/mol. The number of piperidine rings is 1. The molecule has 1 saturated heterocycles. The van der Waals surface area contributed by atoms with Gasteiger partial charge in [-0.15, -0.1) is 11.8 Å². The van der Waals surface area contributed by atoms with Gasteiger partial charge >= 0.3 is 0 Å². The van der Waals surface area contributed by atoms with Crippen LogP contribution in [0.2, 0.25) is 10.0 Å². The number of carbonyl (C=O) groups excluding carboxylic acids is 2. The van der Waals surface area contributed by atoms with Crippen molar-refractivity contribution in [3.63, 3.8) is 0 Å². The van der Waals surface area contributed by atoms with Crippen molar-refractivity contribution < 1.29 is 9.59 Å². The number of benzene rings is 1. The zero-order valence-corrected chi connectivity index (χ0v) is 15.3. The minimum absolute atomic E-state index is 0.114. The van der Waals surface area contributed by atoms with Crippen LogP contribution in [-0.2, 0) is 9.59 Å². The van der Waals surface area contributed by atoms with E-state index in [9.17, 15) is 9.59 Å². The first-order chi connectivity index (χ1) is 11.5. The van der Waals surface area contributed by atoms with Crippen LogP contribution in [0.4, 0.5) is 5.69 Å². The van der Waals surface area contributed by atoms with Crippen molar-refractivity contribution in [3.05, 3.63) is 28.2 Å². The molecule has 1 aliphatic heterocycles. The Bertz CT molecular complexity index is 663. The van der Waals surface area contributed by atoms with E-state index in [-0.39, 0.29) is 23.3 Å². The van der Waals surface area contributed by atoms with E-state index in [4.69, 9.17) is 28.5 Å². The topological polar surface area (TPSA) is 73.2 Å². The zero-order chi connectivity index (χ0) is 17.5. The highest BCUT2D eigenvalue weighted by molar-refractivity contribution is 8.00. The summed E-state index contributed by atoms with van der Waals surface area (Å²) in [5.74, 6) is 0.102. The van der Waals surface area contributed by atoms with Gasteiger partial charge in [-0.05, 0) is 37.5 Å². The van der Waals surface area contributed by atoms with Crippen molar-refractivity contribution in [3.8, 4) is 6.07 Å². The van der Waals surface area contributed by atoms with E-state index in [1.807, 2.05) is 6.07 Å². The van der Waals surface area contributed by atoms with E-state index in [0.29, 0.717) is 28.7 Å². The average molecular weight is 386 g/mol. The van der Waals surface area contributed by atoms with Gasteiger partial charge < -0.3 is 10.2 Å². The van der Waals surface area contributed by atoms with E-state index < -0.39 is 6.04 Å². The van der Waals surface area contributed by atoms with Gasteiger partial charge in [0.1, 0.15) is 6.04 Å². The molecule has 1 aromatic rings. The molecular formula is C16H17Cl2N3O2S. The van der Waals surface area contributed by atoms with Crippen LogP contribution < -0.4 is 5.32 Å². The number of rotatable bonds is 5. The van der Waals surface area contributed by atoms with E-state index in [1.165, 1.54) is 11.8 Å². The summed E-state index contributed by atoms with van der Waals surface area (Å²) in [4.78, 5) is 26.5. The number of amides is 2. The smallest absolute Gasteiger partial charge is 0.247 e. The third-order valence-electron chi connectivity index (χ3n) is 3.71. The maximum Gasteiger partial charge on any atom is 0.247 e. The Hall–Kier alpha value is -1.42. The van der Waals surface area contributed by atoms with Crippen LogP contribution in [0.5, 0.6) is 0 Å². The highest BCUT2D eigenvalue weighted by Gasteiger charge is 2.32. The minimum atomic E-state index is -0.513. The van der Waals surface area contributed by atoms with Crippen LogP contribution in [0.15, 0.2) is 18.2 Å². The van der Waals surface area contributed by atoms with Crippen molar-refractivity contribution in [1.29, 1.82) is 5.26 Å². The summed E-state index contributed by atoms with van der Waals surface area (Å²) in [7, 11) is 0. The molecule has 1 atom stereocenters. The van der Waals surface area contributed by atoms with Gasteiger partial charge in [-0.2, -0.15) is 5.26 Å². The van der Waals surface area contributed by atoms with Crippen LogP contribution in [-0.4, -0.2) is 40.8 Å². The maximum absolute atomic E-state index is 12.6. The fraction of sp³-hybridized carbons (Fsp3) is 0.438. The van der Waals surface area contributed by atoms with Gasteiger partial charge in [0.05, 0.1) is 28.3 Å². The van der Waals surface area contributed by atoms with Crippen molar-refractivity contribution in [1.82, 2.24) is 4.90 Å². The molecule has 1 aliphatic rings. The number of nitriles is 1. The molecule has 0 aromatic heterocycles.